The largest absolute Gasteiger partial charge is 0.513 e. The molecular weight excluding hydrogens is 462 g/mol. The van der Waals surface area contributed by atoms with Crippen LogP contribution in [0.3, 0.4) is 0 Å². The number of hydrogen-bond acceptors (Lipinski definition) is 11. The number of hydrogen-bond donors (Lipinski definition) is 1. The maximum Gasteiger partial charge on any atom is 0.513 e. The van der Waals surface area contributed by atoms with Crippen molar-refractivity contribution in [2.24, 2.45) is 11.7 Å². The predicted octanol–water partition coefficient (Wildman–Crippen LogP) is 3.54. The Hall–Kier alpha value is -3.34. The van der Waals surface area contributed by atoms with Gasteiger partial charge in [0.1, 0.15) is 5.54 Å². The van der Waals surface area contributed by atoms with E-state index in [2.05, 4.69) is 0 Å². The lowest BCUT2D eigenvalue weighted by molar-refractivity contribution is -0.151. The molecule has 0 aliphatic carbocycles. The number of rotatable bonds is 13. The highest BCUT2D eigenvalue weighted by molar-refractivity contribution is 5.81. The zero-order chi connectivity index (χ0) is 26.4. The topological polar surface area (TPSA) is 150 Å². The van der Waals surface area contributed by atoms with Crippen LogP contribution in [0.4, 0.5) is 9.59 Å². The van der Waals surface area contributed by atoms with Gasteiger partial charge in [0.15, 0.2) is 11.5 Å². The molecule has 35 heavy (non-hydrogen) atoms. The summed E-state index contributed by atoms with van der Waals surface area (Å²) >= 11 is 0. The first-order valence-corrected chi connectivity index (χ1v) is 11.4. The molecule has 0 aliphatic heterocycles. The summed E-state index contributed by atoms with van der Waals surface area (Å²) in [6.45, 7) is 7.27. The summed E-state index contributed by atoms with van der Waals surface area (Å²) in [6, 6.07) is 4.28. The lowest BCUT2D eigenvalue weighted by Gasteiger charge is -2.26. The van der Waals surface area contributed by atoms with Gasteiger partial charge in [-0.15, -0.1) is 0 Å². The summed E-state index contributed by atoms with van der Waals surface area (Å²) in [5, 5.41) is 0. The molecule has 0 saturated heterocycles. The highest BCUT2D eigenvalue weighted by Gasteiger charge is 2.36. The van der Waals surface area contributed by atoms with E-state index in [0.29, 0.717) is 17.9 Å². The molecule has 1 atom stereocenters. The fraction of sp³-hybridized carbons (Fsp3) is 0.583. The Morgan fingerprint density at radius 2 is 1.54 bits per heavy atom. The van der Waals surface area contributed by atoms with Gasteiger partial charge < -0.3 is 34.2 Å². The summed E-state index contributed by atoms with van der Waals surface area (Å²) < 4.78 is 29.8. The van der Waals surface area contributed by atoms with Crippen molar-refractivity contribution in [1.82, 2.24) is 0 Å². The molecule has 196 valence electrons. The number of methoxy groups -OCH3 is 1. The van der Waals surface area contributed by atoms with Gasteiger partial charge in [0.25, 0.3) is 0 Å². The molecule has 0 bridgehead atoms. The van der Waals surface area contributed by atoms with Gasteiger partial charge in [-0.2, -0.15) is 0 Å². The lowest BCUT2D eigenvalue weighted by atomic mass is 9.88. The van der Waals surface area contributed by atoms with Crippen LogP contribution in [0, 0.1) is 5.92 Å². The zero-order valence-corrected chi connectivity index (χ0v) is 20.9. The number of esters is 2. The number of ether oxygens (including phenoxy) is 6. The first kappa shape index (κ1) is 29.7. The normalized spacial score (nSPS) is 12.3. The van der Waals surface area contributed by atoms with Crippen LogP contribution < -0.4 is 15.2 Å². The third-order valence-electron chi connectivity index (χ3n) is 4.77. The molecular formula is C24H35NO10. The van der Waals surface area contributed by atoms with Crippen LogP contribution in [-0.4, -0.2) is 56.7 Å². The second kappa shape index (κ2) is 14.8. The van der Waals surface area contributed by atoms with Crippen LogP contribution in [0.15, 0.2) is 18.2 Å². The number of carbonyl (C=O) groups excluding carboxylic acids is 4. The van der Waals surface area contributed by atoms with Gasteiger partial charge in [-0.1, -0.05) is 19.9 Å². The smallest absolute Gasteiger partial charge is 0.468 e. The van der Waals surface area contributed by atoms with E-state index < -0.39 is 23.8 Å². The summed E-state index contributed by atoms with van der Waals surface area (Å²) in [7, 11) is 1.20. The highest BCUT2D eigenvalue weighted by atomic mass is 16.7. The van der Waals surface area contributed by atoms with Gasteiger partial charge in [0.05, 0.1) is 26.9 Å². The maximum absolute atomic E-state index is 12.5. The molecule has 1 rings (SSSR count). The highest BCUT2D eigenvalue weighted by Crippen LogP contribution is 2.31. The molecule has 0 amide bonds. The van der Waals surface area contributed by atoms with Gasteiger partial charge in [0.2, 0.25) is 0 Å². The van der Waals surface area contributed by atoms with Crippen molar-refractivity contribution in [3.05, 3.63) is 23.8 Å². The van der Waals surface area contributed by atoms with Crippen molar-refractivity contribution in [1.29, 1.82) is 0 Å². The van der Waals surface area contributed by atoms with E-state index in [1.807, 2.05) is 13.8 Å². The van der Waals surface area contributed by atoms with Crippen molar-refractivity contribution in [2.75, 3.05) is 26.9 Å². The Morgan fingerprint density at radius 1 is 0.943 bits per heavy atom. The molecule has 0 radical (unpaired) electrons. The van der Waals surface area contributed by atoms with Gasteiger partial charge in [-0.3, -0.25) is 9.59 Å². The van der Waals surface area contributed by atoms with Crippen LogP contribution in [0.5, 0.6) is 11.5 Å². The Kier molecular flexibility index (Phi) is 12.6. The molecule has 0 fully saturated rings. The van der Waals surface area contributed by atoms with Crippen molar-refractivity contribution >= 4 is 24.2 Å². The summed E-state index contributed by atoms with van der Waals surface area (Å²) in [4.78, 5) is 48.0. The third-order valence-corrected chi connectivity index (χ3v) is 4.77. The maximum atomic E-state index is 12.5. The van der Waals surface area contributed by atoms with E-state index in [1.54, 1.807) is 13.8 Å². The van der Waals surface area contributed by atoms with Gasteiger partial charge in [0, 0.05) is 19.3 Å². The Balaban J connectivity index is 3.06. The molecule has 11 heteroatoms. The van der Waals surface area contributed by atoms with Crippen LogP contribution in [0.25, 0.3) is 0 Å². The first-order valence-electron chi connectivity index (χ1n) is 11.4. The van der Waals surface area contributed by atoms with Crippen LogP contribution in [-0.2, 0) is 35.0 Å². The van der Waals surface area contributed by atoms with Crippen LogP contribution in [0.1, 0.15) is 52.5 Å². The van der Waals surface area contributed by atoms with Gasteiger partial charge in [-0.05, 0) is 43.9 Å². The summed E-state index contributed by atoms with van der Waals surface area (Å²) in [6.07, 6.45) is -1.11. The quantitative estimate of drug-likeness (QED) is 0.242. The first-order chi connectivity index (χ1) is 16.5. The Morgan fingerprint density at radius 3 is 2.09 bits per heavy atom. The van der Waals surface area contributed by atoms with E-state index in [9.17, 15) is 19.2 Å². The van der Waals surface area contributed by atoms with Crippen LogP contribution >= 0.6 is 0 Å². The van der Waals surface area contributed by atoms with Crippen LogP contribution in [0.2, 0.25) is 0 Å². The van der Waals surface area contributed by atoms with E-state index >= 15 is 0 Å². The van der Waals surface area contributed by atoms with E-state index in [4.69, 9.17) is 34.2 Å². The third kappa shape index (κ3) is 10.6. The standard InChI is InChI=1S/C24H35NO10/c1-6-31-22(28)34-18-10-9-17(14-19(18)35-23(29)32-7-2)15-24(25,21(27)30-5)12-13-33-20(26)11-8-16(3)4/h9-10,14,16H,6-8,11-13,15,25H2,1-5H3/t24-/m1/s1. The fourth-order valence-electron chi connectivity index (χ4n) is 2.96. The predicted molar refractivity (Wildman–Crippen MR) is 124 cm³/mol. The Bertz CT molecular complexity index is 870. The summed E-state index contributed by atoms with van der Waals surface area (Å²) in [5.41, 5.74) is 5.26. The SMILES string of the molecule is CCOC(=O)Oc1ccc(C[C@](N)(CCOC(=O)CCC(C)C)C(=O)OC)cc1OC(=O)OCC. The van der Waals surface area contributed by atoms with Crippen molar-refractivity contribution in [2.45, 2.75) is 58.9 Å². The lowest BCUT2D eigenvalue weighted by Crippen LogP contribution is -2.51. The number of nitrogens with two attached hydrogens (primary N) is 1. The molecule has 1 aromatic carbocycles. The molecule has 0 saturated carbocycles. The van der Waals surface area contributed by atoms with Gasteiger partial charge in [-0.25, -0.2) is 9.59 Å². The number of carbonyl (C=O) groups is 4. The monoisotopic (exact) mass is 497 g/mol. The van der Waals surface area contributed by atoms with Gasteiger partial charge >= 0.3 is 24.2 Å². The molecule has 0 heterocycles. The number of benzene rings is 1. The molecule has 11 nitrogen and oxygen atoms in total. The minimum atomic E-state index is -1.54. The molecule has 0 unspecified atom stereocenters. The average Bonchev–Trinajstić information content (AvgIpc) is 2.79. The second-order valence-electron chi connectivity index (χ2n) is 8.08. The van der Waals surface area contributed by atoms with Crippen molar-refractivity contribution < 1.29 is 47.6 Å². The fourth-order valence-corrected chi connectivity index (χ4v) is 2.96. The molecule has 0 spiro atoms. The molecule has 2 N–H and O–H groups in total. The van der Waals surface area contributed by atoms with E-state index in [1.165, 1.54) is 25.3 Å². The van der Waals surface area contributed by atoms with E-state index in [-0.39, 0.29) is 56.6 Å². The molecule has 0 aliphatic rings. The molecule has 0 aromatic heterocycles. The minimum Gasteiger partial charge on any atom is -0.468 e. The Labute approximate surface area is 205 Å². The minimum absolute atomic E-state index is 0.0117. The van der Waals surface area contributed by atoms with E-state index in [0.717, 1.165) is 0 Å². The average molecular weight is 498 g/mol. The second-order valence-corrected chi connectivity index (χ2v) is 8.08. The molecule has 1 aromatic rings. The van der Waals surface area contributed by atoms with Crippen molar-refractivity contribution in [3.63, 3.8) is 0 Å². The summed E-state index contributed by atoms with van der Waals surface area (Å²) in [5.74, 6) is -0.971. The zero-order valence-electron chi connectivity index (χ0n) is 20.9. The van der Waals surface area contributed by atoms with Crippen molar-refractivity contribution in [3.8, 4) is 11.5 Å².